The highest BCUT2D eigenvalue weighted by molar-refractivity contribution is 6.04. The monoisotopic (exact) mass is 794 g/mol. The van der Waals surface area contributed by atoms with Crippen LogP contribution in [0.25, 0.3) is 31.2 Å². The molecule has 6 aromatic carbocycles. The quantitative estimate of drug-likeness (QED) is 0.0344. The summed E-state index contributed by atoms with van der Waals surface area (Å²) in [5, 5.41) is 37.6. The number of nitrogens with two attached hydrogens (primary N) is 1. The van der Waals surface area contributed by atoms with Crippen LogP contribution < -0.4 is 32.8 Å². The molecule has 15 heteroatoms. The van der Waals surface area contributed by atoms with Crippen LogP contribution in [0.4, 0.5) is 22.7 Å². The fourth-order valence-corrected chi connectivity index (χ4v) is 5.67. The zero-order valence-corrected chi connectivity index (χ0v) is 32.0. The summed E-state index contributed by atoms with van der Waals surface area (Å²) in [4.78, 5) is 53.6. The van der Waals surface area contributed by atoms with E-state index < -0.39 is 42.1 Å². The standard InChI is InChI=1S/C22H20N4O3.C15H14N2O3.C7H8N2O/c1-14(27)20(22(29)26-25-21(28)15-8-4-3-5-9-15)24-19-13-12-18(23-2)16-10-6-7-11-17(16)19;1-9(18)14(15(19)20)17-13-8-7-12(16-2)10-5-3-4-6-11(10)13;8-9-7(10)6-4-2-1-3-5-6/h3-14,20,24,27H,1H3,(H,25,28)(H,26,29);3-9,14,17-18H,1H3,(H,19,20);1-5H,8H2,(H,9,10)/t14-,20-;9-,14-;/m11./s1. The van der Waals surface area contributed by atoms with Crippen LogP contribution in [0, 0.1) is 13.1 Å². The zero-order valence-electron chi connectivity index (χ0n) is 32.0. The van der Waals surface area contributed by atoms with Gasteiger partial charge in [-0.25, -0.2) is 20.3 Å². The van der Waals surface area contributed by atoms with Gasteiger partial charge in [0.2, 0.25) is 0 Å². The first-order valence-electron chi connectivity index (χ1n) is 18.0. The van der Waals surface area contributed by atoms with Crippen LogP contribution in [0.5, 0.6) is 0 Å². The number of nitrogen functional groups attached to an aromatic ring is 1. The average molecular weight is 795 g/mol. The molecule has 0 saturated heterocycles. The number of aliphatic carboxylic acids is 1. The number of rotatable bonds is 10. The van der Waals surface area contributed by atoms with Gasteiger partial charge in [-0.2, -0.15) is 0 Å². The molecular weight excluding hydrogens is 753 g/mol. The summed E-state index contributed by atoms with van der Waals surface area (Å²) in [5.41, 5.74) is 9.90. The minimum Gasteiger partial charge on any atom is -0.480 e. The van der Waals surface area contributed by atoms with Gasteiger partial charge < -0.3 is 26.0 Å². The molecule has 0 aromatic heterocycles. The molecule has 10 N–H and O–H groups in total. The van der Waals surface area contributed by atoms with Crippen LogP contribution in [0.3, 0.4) is 0 Å². The van der Waals surface area contributed by atoms with Crippen LogP contribution in [0.2, 0.25) is 0 Å². The third-order valence-corrected chi connectivity index (χ3v) is 8.68. The maximum absolute atomic E-state index is 12.6. The molecule has 6 rings (SSSR count). The van der Waals surface area contributed by atoms with E-state index in [4.69, 9.17) is 24.1 Å². The molecule has 59 heavy (non-hydrogen) atoms. The molecule has 0 heterocycles. The Labute approximate surface area is 340 Å². The second-order valence-corrected chi connectivity index (χ2v) is 12.8. The van der Waals surface area contributed by atoms with Crippen molar-refractivity contribution in [2.75, 3.05) is 10.6 Å². The van der Waals surface area contributed by atoms with Crippen molar-refractivity contribution in [3.05, 3.63) is 167 Å². The van der Waals surface area contributed by atoms with E-state index in [2.05, 4.69) is 31.2 Å². The predicted molar refractivity (Wildman–Crippen MR) is 226 cm³/mol. The fourth-order valence-electron chi connectivity index (χ4n) is 5.67. The summed E-state index contributed by atoms with van der Waals surface area (Å²) >= 11 is 0. The number of carboxylic acids is 1. The highest BCUT2D eigenvalue weighted by atomic mass is 16.4. The third kappa shape index (κ3) is 11.8. The number of benzene rings is 6. The molecule has 6 aromatic rings. The summed E-state index contributed by atoms with van der Waals surface area (Å²) in [5.74, 6) is 2.46. The molecule has 0 aliphatic rings. The Balaban J connectivity index is 0.000000220. The Morgan fingerprint density at radius 3 is 1.32 bits per heavy atom. The van der Waals surface area contributed by atoms with Gasteiger partial charge in [-0.3, -0.25) is 30.7 Å². The van der Waals surface area contributed by atoms with Gasteiger partial charge in [0.05, 0.1) is 25.4 Å². The van der Waals surface area contributed by atoms with Gasteiger partial charge in [0.15, 0.2) is 17.4 Å². The van der Waals surface area contributed by atoms with Crippen LogP contribution in [-0.4, -0.2) is 63.3 Å². The lowest BCUT2D eigenvalue weighted by molar-refractivity contribution is -0.140. The van der Waals surface area contributed by atoms with Gasteiger partial charge in [-0.15, -0.1) is 0 Å². The number of aliphatic hydroxyl groups is 2. The van der Waals surface area contributed by atoms with Gasteiger partial charge in [-0.05, 0) is 71.8 Å². The van der Waals surface area contributed by atoms with Gasteiger partial charge >= 0.3 is 5.97 Å². The van der Waals surface area contributed by atoms with Crippen molar-refractivity contribution in [2.24, 2.45) is 5.84 Å². The molecule has 0 unspecified atom stereocenters. The van der Waals surface area contributed by atoms with Gasteiger partial charge in [0.25, 0.3) is 17.7 Å². The number of hydrogen-bond donors (Lipinski definition) is 9. The van der Waals surface area contributed by atoms with Gasteiger partial charge in [-0.1, -0.05) is 97.1 Å². The van der Waals surface area contributed by atoms with Gasteiger partial charge in [0, 0.05) is 22.5 Å². The van der Waals surface area contributed by atoms with Crippen molar-refractivity contribution in [1.29, 1.82) is 0 Å². The van der Waals surface area contributed by atoms with Gasteiger partial charge in [0.1, 0.15) is 6.04 Å². The highest BCUT2D eigenvalue weighted by Crippen LogP contribution is 2.33. The molecule has 0 saturated carbocycles. The smallest absolute Gasteiger partial charge is 0.328 e. The van der Waals surface area contributed by atoms with E-state index in [0.717, 1.165) is 21.5 Å². The molecule has 300 valence electrons. The van der Waals surface area contributed by atoms with Crippen LogP contribution >= 0.6 is 0 Å². The maximum atomic E-state index is 12.6. The molecule has 0 bridgehead atoms. The average Bonchev–Trinajstić information content (AvgIpc) is 3.26. The van der Waals surface area contributed by atoms with E-state index in [1.807, 2.05) is 60.0 Å². The maximum Gasteiger partial charge on any atom is 0.328 e. The third-order valence-electron chi connectivity index (χ3n) is 8.68. The number of anilines is 2. The van der Waals surface area contributed by atoms with Crippen molar-refractivity contribution in [1.82, 2.24) is 16.3 Å². The lowest BCUT2D eigenvalue weighted by atomic mass is 10.1. The second kappa shape index (κ2) is 21.5. The van der Waals surface area contributed by atoms with Crippen LogP contribution in [0.15, 0.2) is 133 Å². The number of aliphatic hydroxyl groups excluding tert-OH is 2. The Kier molecular flexibility index (Phi) is 16.0. The molecule has 4 atom stereocenters. The molecular formula is C44H42N8O7. The van der Waals surface area contributed by atoms with E-state index in [-0.39, 0.29) is 5.91 Å². The van der Waals surface area contributed by atoms with Crippen molar-refractivity contribution >= 4 is 68.0 Å². The largest absolute Gasteiger partial charge is 0.480 e. The number of fused-ring (bicyclic) bond motifs is 2. The van der Waals surface area contributed by atoms with Crippen LogP contribution in [-0.2, 0) is 9.59 Å². The molecule has 0 aliphatic heterocycles. The highest BCUT2D eigenvalue weighted by Gasteiger charge is 2.25. The summed E-state index contributed by atoms with van der Waals surface area (Å²) in [6, 6.07) is 36.4. The lowest BCUT2D eigenvalue weighted by Crippen LogP contribution is -2.52. The number of carbonyl (C=O) groups is 4. The summed E-state index contributed by atoms with van der Waals surface area (Å²) in [6.45, 7) is 17.3. The number of amides is 3. The van der Waals surface area contributed by atoms with Crippen LogP contribution in [0.1, 0.15) is 34.6 Å². The summed E-state index contributed by atoms with van der Waals surface area (Å²) < 4.78 is 0. The number of hydrogen-bond acceptors (Lipinski definition) is 9. The minimum absolute atomic E-state index is 0.263. The van der Waals surface area contributed by atoms with E-state index in [1.54, 1.807) is 78.9 Å². The lowest BCUT2D eigenvalue weighted by Gasteiger charge is -2.23. The molecule has 0 spiro atoms. The first kappa shape index (κ1) is 43.9. The number of carbonyl (C=O) groups excluding carboxylic acids is 3. The van der Waals surface area contributed by atoms with E-state index in [9.17, 15) is 29.4 Å². The number of hydrazine groups is 2. The first-order valence-corrected chi connectivity index (χ1v) is 18.0. The second-order valence-electron chi connectivity index (χ2n) is 12.8. The molecule has 0 radical (unpaired) electrons. The fraction of sp³-hybridized carbons (Fsp3) is 0.136. The molecule has 0 fully saturated rings. The normalized spacial score (nSPS) is 12.2. The van der Waals surface area contributed by atoms with Crippen molar-refractivity contribution in [2.45, 2.75) is 38.1 Å². The Bertz CT molecular complexity index is 2480. The molecule has 0 aliphatic carbocycles. The van der Waals surface area contributed by atoms with E-state index in [1.165, 1.54) is 13.8 Å². The molecule has 15 nitrogen and oxygen atoms in total. The molecule has 3 amide bonds. The zero-order chi connectivity index (χ0) is 42.9. The number of carboxylic acid groups (broad SMARTS) is 1. The summed E-state index contributed by atoms with van der Waals surface area (Å²) in [6.07, 6.45) is -2.07. The topological polar surface area (TPSA) is 224 Å². The Morgan fingerprint density at radius 2 is 0.932 bits per heavy atom. The SMILES string of the molecule is NNC(=O)c1ccccc1.[C-]#[N+]c1ccc(N[C@@H](C(=O)NNC(=O)c2ccccc2)[C@@H](C)O)c2ccccc12.[C-]#[N+]c1ccc(N[C@@H](C(=O)O)[C@@H](C)O)c2ccccc12. The first-order chi connectivity index (χ1) is 28.4. The minimum atomic E-state index is -1.13. The number of nitrogens with zero attached hydrogens (tertiary/aromatic N) is 2. The van der Waals surface area contributed by atoms with E-state index >= 15 is 0 Å². The van der Waals surface area contributed by atoms with Crippen molar-refractivity contribution in [3.63, 3.8) is 0 Å². The predicted octanol–water partition coefficient (Wildman–Crippen LogP) is 5.94. The number of nitrogens with one attached hydrogen (secondary N) is 5. The van der Waals surface area contributed by atoms with Crippen molar-refractivity contribution in [3.8, 4) is 0 Å². The Morgan fingerprint density at radius 1 is 0.542 bits per heavy atom. The van der Waals surface area contributed by atoms with Crippen molar-refractivity contribution < 1.29 is 34.5 Å². The van der Waals surface area contributed by atoms with E-state index in [0.29, 0.717) is 33.9 Å². The Hall–Kier alpha value is -7.82. The summed E-state index contributed by atoms with van der Waals surface area (Å²) in [7, 11) is 0.